The van der Waals surface area contributed by atoms with Crippen LogP contribution >= 0.6 is 34.8 Å². The van der Waals surface area contributed by atoms with Gasteiger partial charge in [0.1, 0.15) is 12.6 Å². The normalized spacial score (nSPS) is 12.9. The van der Waals surface area contributed by atoms with Crippen LogP contribution in [-0.2, 0) is 26.2 Å². The van der Waals surface area contributed by atoms with E-state index in [0.717, 1.165) is 4.31 Å². The standard InChI is InChI=1S/C30H34Cl3N3O4S/c1-5-21(4)34-30(38)27(6-2)35(18-22-12-14-25(32)26(33)17-22)29(37)19-36(28-15-13-23(31)16-20(28)3)41(39,40)24-10-8-7-9-11-24/h7-17,21,27H,5-6,18-19H2,1-4H3,(H,34,38)/t21-,27-/m1/s1. The lowest BCUT2D eigenvalue weighted by molar-refractivity contribution is -0.140. The maximum absolute atomic E-state index is 14.2. The molecule has 3 aromatic carbocycles. The van der Waals surface area contributed by atoms with E-state index in [4.69, 9.17) is 34.8 Å². The van der Waals surface area contributed by atoms with Crippen molar-refractivity contribution in [3.63, 3.8) is 0 Å². The predicted octanol–water partition coefficient (Wildman–Crippen LogP) is 6.87. The van der Waals surface area contributed by atoms with Gasteiger partial charge in [-0.25, -0.2) is 8.42 Å². The molecule has 0 saturated heterocycles. The second-order valence-corrected chi connectivity index (χ2v) is 12.9. The van der Waals surface area contributed by atoms with E-state index in [-0.39, 0.29) is 23.4 Å². The van der Waals surface area contributed by atoms with Crippen LogP contribution in [0.1, 0.15) is 44.7 Å². The van der Waals surface area contributed by atoms with Crippen molar-refractivity contribution >= 4 is 62.3 Å². The molecule has 0 radical (unpaired) electrons. The molecule has 0 bridgehead atoms. The molecule has 1 N–H and O–H groups in total. The average Bonchev–Trinajstić information content (AvgIpc) is 2.94. The van der Waals surface area contributed by atoms with Crippen molar-refractivity contribution in [1.29, 1.82) is 0 Å². The van der Waals surface area contributed by atoms with E-state index in [1.165, 1.54) is 17.0 Å². The minimum atomic E-state index is -4.18. The Morgan fingerprint density at radius 3 is 2.17 bits per heavy atom. The van der Waals surface area contributed by atoms with E-state index in [9.17, 15) is 18.0 Å². The monoisotopic (exact) mass is 637 g/mol. The number of carbonyl (C=O) groups is 2. The lowest BCUT2D eigenvalue weighted by Gasteiger charge is -2.34. The van der Waals surface area contributed by atoms with Gasteiger partial charge < -0.3 is 10.2 Å². The van der Waals surface area contributed by atoms with Crippen molar-refractivity contribution in [2.75, 3.05) is 10.8 Å². The molecule has 0 heterocycles. The molecule has 3 rings (SSSR count). The fraction of sp³-hybridized carbons (Fsp3) is 0.333. The van der Waals surface area contributed by atoms with Gasteiger partial charge in [-0.2, -0.15) is 0 Å². The maximum atomic E-state index is 14.2. The van der Waals surface area contributed by atoms with Crippen LogP contribution in [0.3, 0.4) is 0 Å². The van der Waals surface area contributed by atoms with Crippen molar-refractivity contribution in [2.45, 2.75) is 64.1 Å². The van der Waals surface area contributed by atoms with Crippen LogP contribution in [0.5, 0.6) is 0 Å². The highest BCUT2D eigenvalue weighted by Gasteiger charge is 2.34. The number of amides is 2. The topological polar surface area (TPSA) is 86.8 Å². The van der Waals surface area contributed by atoms with Gasteiger partial charge >= 0.3 is 0 Å². The van der Waals surface area contributed by atoms with E-state index in [1.807, 2.05) is 13.8 Å². The molecule has 3 aromatic rings. The fourth-order valence-electron chi connectivity index (χ4n) is 4.33. The van der Waals surface area contributed by atoms with E-state index in [1.54, 1.807) is 68.4 Å². The third kappa shape index (κ3) is 8.16. The summed E-state index contributed by atoms with van der Waals surface area (Å²) in [6.07, 6.45) is 1.02. The van der Waals surface area contributed by atoms with Gasteiger partial charge in [0.2, 0.25) is 11.8 Å². The number of aryl methyl sites for hydroxylation is 1. The quantitative estimate of drug-likeness (QED) is 0.235. The molecule has 11 heteroatoms. The minimum absolute atomic E-state index is 0.0149. The van der Waals surface area contributed by atoms with Gasteiger partial charge in [0.15, 0.2) is 0 Å². The zero-order valence-electron chi connectivity index (χ0n) is 23.4. The SMILES string of the molecule is CC[C@@H](C)NC(=O)[C@@H](CC)N(Cc1ccc(Cl)c(Cl)c1)C(=O)CN(c1ccc(Cl)cc1C)S(=O)(=O)c1ccccc1. The first-order valence-corrected chi connectivity index (χ1v) is 15.8. The van der Waals surface area contributed by atoms with Crippen molar-refractivity contribution < 1.29 is 18.0 Å². The number of nitrogens with one attached hydrogen (secondary N) is 1. The summed E-state index contributed by atoms with van der Waals surface area (Å²) in [5, 5.41) is 4.05. The molecular weight excluding hydrogens is 605 g/mol. The smallest absolute Gasteiger partial charge is 0.264 e. The molecule has 0 aliphatic rings. The third-order valence-corrected chi connectivity index (χ3v) is 9.51. The van der Waals surface area contributed by atoms with Crippen LogP contribution in [0, 0.1) is 6.92 Å². The molecule has 0 fully saturated rings. The number of anilines is 1. The second kappa shape index (κ2) is 14.4. The molecule has 0 unspecified atom stereocenters. The lowest BCUT2D eigenvalue weighted by Crippen LogP contribution is -2.53. The number of hydrogen-bond acceptors (Lipinski definition) is 4. The molecule has 0 aliphatic heterocycles. The highest BCUT2D eigenvalue weighted by atomic mass is 35.5. The summed E-state index contributed by atoms with van der Waals surface area (Å²) >= 11 is 18.5. The summed E-state index contributed by atoms with van der Waals surface area (Å²) in [4.78, 5) is 28.9. The molecule has 7 nitrogen and oxygen atoms in total. The van der Waals surface area contributed by atoms with Crippen LogP contribution in [0.2, 0.25) is 15.1 Å². The molecule has 2 amide bonds. The first-order chi connectivity index (χ1) is 19.4. The van der Waals surface area contributed by atoms with Gasteiger partial charge in [0.25, 0.3) is 10.0 Å². The Kier molecular flexibility index (Phi) is 11.5. The molecule has 0 saturated carbocycles. The molecule has 0 spiro atoms. The first-order valence-electron chi connectivity index (χ1n) is 13.3. The van der Waals surface area contributed by atoms with Gasteiger partial charge in [0, 0.05) is 17.6 Å². The van der Waals surface area contributed by atoms with Gasteiger partial charge in [-0.05, 0) is 80.3 Å². The second-order valence-electron chi connectivity index (χ2n) is 9.77. The number of benzene rings is 3. The number of rotatable bonds is 12. The van der Waals surface area contributed by atoms with Crippen LogP contribution in [0.25, 0.3) is 0 Å². The fourth-order valence-corrected chi connectivity index (χ4v) is 6.37. The van der Waals surface area contributed by atoms with Crippen LogP contribution in [-0.4, -0.2) is 43.8 Å². The first kappa shape index (κ1) is 32.7. The van der Waals surface area contributed by atoms with Crippen molar-refractivity contribution in [2.24, 2.45) is 0 Å². The Bertz CT molecular complexity index is 1490. The average molecular weight is 639 g/mol. The van der Waals surface area contributed by atoms with E-state index in [0.29, 0.717) is 44.7 Å². The van der Waals surface area contributed by atoms with E-state index >= 15 is 0 Å². The summed E-state index contributed by atoms with van der Waals surface area (Å²) in [6, 6.07) is 16.7. The number of sulfonamides is 1. The molecule has 0 aliphatic carbocycles. The van der Waals surface area contributed by atoms with Crippen molar-refractivity contribution in [1.82, 2.24) is 10.2 Å². The molecule has 0 aromatic heterocycles. The highest BCUT2D eigenvalue weighted by molar-refractivity contribution is 7.92. The summed E-state index contributed by atoms with van der Waals surface area (Å²) in [7, 11) is -4.18. The predicted molar refractivity (Wildman–Crippen MR) is 166 cm³/mol. The summed E-state index contributed by atoms with van der Waals surface area (Å²) in [5.41, 5.74) is 1.52. The highest BCUT2D eigenvalue weighted by Crippen LogP contribution is 2.30. The third-order valence-electron chi connectivity index (χ3n) is 6.76. The number of carbonyl (C=O) groups excluding carboxylic acids is 2. The van der Waals surface area contributed by atoms with E-state index < -0.39 is 28.5 Å². The largest absolute Gasteiger partial charge is 0.352 e. The van der Waals surface area contributed by atoms with Crippen LogP contribution < -0.4 is 9.62 Å². The van der Waals surface area contributed by atoms with Crippen molar-refractivity contribution in [3.8, 4) is 0 Å². The number of halogens is 3. The Morgan fingerprint density at radius 1 is 0.902 bits per heavy atom. The maximum Gasteiger partial charge on any atom is 0.264 e. The van der Waals surface area contributed by atoms with E-state index in [2.05, 4.69) is 5.32 Å². The van der Waals surface area contributed by atoms with Crippen LogP contribution in [0.15, 0.2) is 71.6 Å². The Hall–Kier alpha value is -2.78. The molecule has 220 valence electrons. The zero-order valence-corrected chi connectivity index (χ0v) is 26.5. The zero-order chi connectivity index (χ0) is 30.3. The summed E-state index contributed by atoms with van der Waals surface area (Å²) in [5.74, 6) is -0.883. The summed E-state index contributed by atoms with van der Waals surface area (Å²) in [6.45, 7) is 6.83. The Labute approximate surface area is 257 Å². The number of hydrogen-bond donors (Lipinski definition) is 1. The van der Waals surface area contributed by atoms with Crippen LogP contribution in [0.4, 0.5) is 5.69 Å². The van der Waals surface area contributed by atoms with Gasteiger partial charge in [-0.15, -0.1) is 0 Å². The molecule has 41 heavy (non-hydrogen) atoms. The minimum Gasteiger partial charge on any atom is -0.352 e. The van der Waals surface area contributed by atoms with Gasteiger partial charge in [-0.3, -0.25) is 13.9 Å². The lowest BCUT2D eigenvalue weighted by atomic mass is 10.1. The Morgan fingerprint density at radius 2 is 1.59 bits per heavy atom. The van der Waals surface area contributed by atoms with Crippen molar-refractivity contribution in [3.05, 3.63) is 92.9 Å². The van der Waals surface area contributed by atoms with Gasteiger partial charge in [0.05, 0.1) is 20.6 Å². The van der Waals surface area contributed by atoms with Gasteiger partial charge in [-0.1, -0.05) is 72.9 Å². The summed E-state index contributed by atoms with van der Waals surface area (Å²) < 4.78 is 28.9. The Balaban J connectivity index is 2.10. The molecule has 2 atom stereocenters. The molecular formula is C30H34Cl3N3O4S. The number of nitrogens with zero attached hydrogens (tertiary/aromatic N) is 2.